The molecule has 1 saturated heterocycles. The van der Waals surface area contributed by atoms with Gasteiger partial charge in [0.25, 0.3) is 0 Å². The fraction of sp³-hybridized carbons (Fsp3) is 0.714. The summed E-state index contributed by atoms with van der Waals surface area (Å²) in [4.78, 5) is 9.87. The van der Waals surface area contributed by atoms with E-state index in [1.807, 2.05) is 5.94 Å². The lowest BCUT2D eigenvalue weighted by molar-refractivity contribution is 0.436. The van der Waals surface area contributed by atoms with Crippen LogP contribution >= 0.6 is 0 Å². The molecule has 1 aliphatic rings. The second-order valence-corrected chi connectivity index (χ2v) is 2.37. The molecule has 1 N–H and O–H groups in total. The molecule has 1 fully saturated rings. The number of hydrogen-bond acceptors (Lipinski definition) is 2. The summed E-state index contributed by atoms with van der Waals surface area (Å²) in [5.41, 5.74) is 0. The lowest BCUT2D eigenvalue weighted by atomic mass is 9.99. The first-order valence-electron chi connectivity index (χ1n) is 3.35. The molecular weight excluding hydrogens is 114 g/mol. The van der Waals surface area contributed by atoms with Crippen molar-refractivity contribution in [3.63, 3.8) is 0 Å². The molecule has 9 heavy (non-hydrogen) atoms. The average Bonchev–Trinajstić information content (AvgIpc) is 1.91. The van der Waals surface area contributed by atoms with E-state index in [1.54, 1.807) is 6.08 Å². The number of allylic oxidation sites excluding steroid dienone is 1. The largest absolute Gasteiger partial charge is 0.317 e. The summed E-state index contributed by atoms with van der Waals surface area (Å²) in [5, 5.41) is 3.22. The number of rotatable bonds is 1. The molecule has 0 aromatic heterocycles. The Hall–Kier alpha value is -0.590. The van der Waals surface area contributed by atoms with Crippen LogP contribution in [0.2, 0.25) is 0 Å². The molecule has 0 saturated carbocycles. The summed E-state index contributed by atoms with van der Waals surface area (Å²) in [5.74, 6) is 2.32. The highest BCUT2D eigenvalue weighted by Gasteiger charge is 2.08. The third kappa shape index (κ3) is 2.00. The van der Waals surface area contributed by atoms with Crippen LogP contribution in [0.1, 0.15) is 12.8 Å². The molecule has 0 aliphatic carbocycles. The molecule has 1 aliphatic heterocycles. The molecule has 2 nitrogen and oxygen atoms in total. The lowest BCUT2D eigenvalue weighted by Crippen LogP contribution is -2.26. The highest BCUT2D eigenvalue weighted by Crippen LogP contribution is 2.10. The van der Waals surface area contributed by atoms with E-state index in [1.165, 1.54) is 0 Å². The molecule has 2 heteroatoms. The Kier molecular flexibility index (Phi) is 2.49. The van der Waals surface area contributed by atoms with Crippen LogP contribution in [0.4, 0.5) is 0 Å². The van der Waals surface area contributed by atoms with Crippen LogP contribution in [-0.4, -0.2) is 19.0 Å². The van der Waals surface area contributed by atoms with Gasteiger partial charge in [-0.05, 0) is 31.8 Å². The van der Waals surface area contributed by atoms with Crippen molar-refractivity contribution in [2.45, 2.75) is 12.8 Å². The molecule has 0 radical (unpaired) electrons. The molecule has 0 bridgehead atoms. The minimum atomic E-state index is 0.490. The maximum atomic E-state index is 9.87. The van der Waals surface area contributed by atoms with Crippen molar-refractivity contribution in [1.29, 1.82) is 0 Å². The maximum Gasteiger partial charge on any atom is 0.120 e. The number of piperidine rings is 1. The van der Waals surface area contributed by atoms with Crippen LogP contribution in [0, 0.1) is 5.92 Å². The zero-order chi connectivity index (χ0) is 6.53. The van der Waals surface area contributed by atoms with Gasteiger partial charge in [0.15, 0.2) is 0 Å². The third-order valence-electron chi connectivity index (χ3n) is 1.69. The maximum absolute atomic E-state index is 9.87. The van der Waals surface area contributed by atoms with Crippen molar-refractivity contribution in [1.82, 2.24) is 5.32 Å². The average molecular weight is 125 g/mol. The van der Waals surface area contributed by atoms with Gasteiger partial charge in [-0.3, -0.25) is 0 Å². The van der Waals surface area contributed by atoms with Crippen LogP contribution in [0.15, 0.2) is 6.08 Å². The van der Waals surface area contributed by atoms with Gasteiger partial charge in [0, 0.05) is 6.08 Å². The number of carbonyl (C=O) groups excluding carboxylic acids is 1. The van der Waals surface area contributed by atoms with Crippen molar-refractivity contribution in [2.24, 2.45) is 5.92 Å². The monoisotopic (exact) mass is 125 g/mol. The Bertz CT molecular complexity index is 121. The molecule has 0 atom stereocenters. The van der Waals surface area contributed by atoms with E-state index in [2.05, 4.69) is 5.32 Å². The normalized spacial score (nSPS) is 20.9. The molecule has 0 aromatic carbocycles. The van der Waals surface area contributed by atoms with Gasteiger partial charge >= 0.3 is 0 Å². The first-order chi connectivity index (χ1) is 4.43. The highest BCUT2D eigenvalue weighted by atomic mass is 16.1. The summed E-state index contributed by atoms with van der Waals surface area (Å²) in [6.45, 7) is 2.09. The Morgan fingerprint density at radius 1 is 1.44 bits per heavy atom. The minimum Gasteiger partial charge on any atom is -0.317 e. The Balaban J connectivity index is 2.31. The van der Waals surface area contributed by atoms with E-state index in [0.717, 1.165) is 25.9 Å². The first kappa shape index (κ1) is 6.53. The Morgan fingerprint density at radius 2 is 2.11 bits per heavy atom. The quantitative estimate of drug-likeness (QED) is 0.513. The van der Waals surface area contributed by atoms with Crippen molar-refractivity contribution < 1.29 is 4.79 Å². The summed E-state index contributed by atoms with van der Waals surface area (Å²) in [7, 11) is 0. The molecular formula is C7H11NO. The van der Waals surface area contributed by atoms with E-state index in [0.29, 0.717) is 5.92 Å². The molecule has 1 rings (SSSR count). The van der Waals surface area contributed by atoms with Gasteiger partial charge < -0.3 is 5.32 Å². The van der Waals surface area contributed by atoms with Gasteiger partial charge in [0.2, 0.25) is 0 Å². The van der Waals surface area contributed by atoms with Crippen molar-refractivity contribution >= 4 is 5.94 Å². The fourth-order valence-corrected chi connectivity index (χ4v) is 1.11. The van der Waals surface area contributed by atoms with Gasteiger partial charge in [-0.15, -0.1) is 0 Å². The van der Waals surface area contributed by atoms with Crippen LogP contribution in [0.5, 0.6) is 0 Å². The van der Waals surface area contributed by atoms with Gasteiger partial charge in [-0.2, -0.15) is 0 Å². The highest BCUT2D eigenvalue weighted by molar-refractivity contribution is 5.45. The van der Waals surface area contributed by atoms with Crippen LogP contribution < -0.4 is 5.32 Å². The molecule has 50 valence electrons. The minimum absolute atomic E-state index is 0.490. The summed E-state index contributed by atoms with van der Waals surface area (Å²) in [6.07, 6.45) is 3.82. The summed E-state index contributed by atoms with van der Waals surface area (Å²) in [6, 6.07) is 0. The molecule has 0 spiro atoms. The summed E-state index contributed by atoms with van der Waals surface area (Å²) >= 11 is 0. The molecule has 1 heterocycles. The van der Waals surface area contributed by atoms with E-state index in [-0.39, 0.29) is 0 Å². The van der Waals surface area contributed by atoms with E-state index < -0.39 is 0 Å². The first-order valence-corrected chi connectivity index (χ1v) is 3.35. The fourth-order valence-electron chi connectivity index (χ4n) is 1.11. The van der Waals surface area contributed by atoms with Crippen molar-refractivity contribution in [3.8, 4) is 0 Å². The van der Waals surface area contributed by atoms with Gasteiger partial charge in [0.1, 0.15) is 5.94 Å². The third-order valence-corrected chi connectivity index (χ3v) is 1.69. The zero-order valence-corrected chi connectivity index (χ0v) is 5.39. The topological polar surface area (TPSA) is 29.1 Å². The van der Waals surface area contributed by atoms with Gasteiger partial charge in [0.05, 0.1) is 0 Å². The standard InChI is InChI=1S/C7H11NO/c9-6-3-7-1-4-8-5-2-7/h3,7-8H,1-2,4-5H2. The Morgan fingerprint density at radius 3 is 2.67 bits per heavy atom. The second kappa shape index (κ2) is 3.44. The van der Waals surface area contributed by atoms with E-state index in [9.17, 15) is 4.79 Å². The SMILES string of the molecule is O=C=CC1CCNCC1. The smallest absolute Gasteiger partial charge is 0.120 e. The molecule has 0 aromatic rings. The Labute approximate surface area is 54.9 Å². The second-order valence-electron chi connectivity index (χ2n) is 2.37. The van der Waals surface area contributed by atoms with Crippen LogP contribution in [-0.2, 0) is 4.79 Å². The van der Waals surface area contributed by atoms with Gasteiger partial charge in [-0.1, -0.05) is 0 Å². The van der Waals surface area contributed by atoms with Crippen molar-refractivity contribution in [2.75, 3.05) is 13.1 Å². The number of hydrogen-bond donors (Lipinski definition) is 1. The van der Waals surface area contributed by atoms with E-state index in [4.69, 9.17) is 0 Å². The zero-order valence-electron chi connectivity index (χ0n) is 5.39. The molecule has 0 amide bonds. The number of nitrogens with one attached hydrogen (secondary N) is 1. The predicted octanol–water partition coefficient (Wildman–Crippen LogP) is 0.374. The predicted molar refractivity (Wildman–Crippen MR) is 35.9 cm³/mol. The van der Waals surface area contributed by atoms with Crippen LogP contribution in [0.25, 0.3) is 0 Å². The van der Waals surface area contributed by atoms with E-state index >= 15 is 0 Å². The van der Waals surface area contributed by atoms with Crippen molar-refractivity contribution in [3.05, 3.63) is 6.08 Å². The van der Waals surface area contributed by atoms with Crippen LogP contribution in [0.3, 0.4) is 0 Å². The van der Waals surface area contributed by atoms with Gasteiger partial charge in [-0.25, -0.2) is 4.79 Å². The summed E-state index contributed by atoms with van der Waals surface area (Å²) < 4.78 is 0. The lowest BCUT2D eigenvalue weighted by Gasteiger charge is -2.17. The molecule has 0 unspecified atom stereocenters.